The van der Waals surface area contributed by atoms with Crippen molar-refractivity contribution in [2.75, 3.05) is 13.1 Å². The Morgan fingerprint density at radius 1 is 0.972 bits per heavy atom. The summed E-state index contributed by atoms with van der Waals surface area (Å²) in [5.41, 5.74) is 4.03. The molecule has 5 rings (SSSR count). The summed E-state index contributed by atoms with van der Waals surface area (Å²) in [5.74, 6) is 0.411. The number of aryl methyl sites for hydroxylation is 1. The van der Waals surface area contributed by atoms with Gasteiger partial charge in [-0.15, -0.1) is 0 Å². The number of aromatic nitrogens is 1. The quantitative estimate of drug-likeness (QED) is 0.306. The zero-order valence-electron chi connectivity index (χ0n) is 20.2. The number of carbonyl (C=O) groups is 1. The van der Waals surface area contributed by atoms with Gasteiger partial charge in [-0.25, -0.2) is 4.39 Å². The molecule has 5 nitrogen and oxygen atoms in total. The summed E-state index contributed by atoms with van der Waals surface area (Å²) in [6, 6.07) is 26.9. The lowest BCUT2D eigenvalue weighted by Gasteiger charge is -2.30. The van der Waals surface area contributed by atoms with Crippen molar-refractivity contribution < 1.29 is 13.7 Å². The molecule has 1 amide bonds. The lowest BCUT2D eigenvalue weighted by molar-refractivity contribution is -0.134. The first-order chi connectivity index (χ1) is 17.7. The van der Waals surface area contributed by atoms with E-state index in [1.54, 1.807) is 18.3 Å². The second-order valence-electron chi connectivity index (χ2n) is 9.36. The van der Waals surface area contributed by atoms with Crippen LogP contribution in [-0.4, -0.2) is 40.0 Å². The van der Waals surface area contributed by atoms with Crippen molar-refractivity contribution in [2.45, 2.75) is 38.4 Å². The van der Waals surface area contributed by atoms with Gasteiger partial charge in [-0.3, -0.25) is 9.69 Å². The molecular weight excluding hydrogens is 453 g/mol. The minimum absolute atomic E-state index is 0.122. The summed E-state index contributed by atoms with van der Waals surface area (Å²) in [6.07, 6.45) is 3.49. The van der Waals surface area contributed by atoms with Gasteiger partial charge in [0, 0.05) is 49.8 Å². The second-order valence-corrected chi connectivity index (χ2v) is 9.36. The lowest BCUT2D eigenvalue weighted by atomic mass is 10.0. The molecule has 184 valence electrons. The normalized spacial score (nSPS) is 15.8. The van der Waals surface area contributed by atoms with Crippen LogP contribution in [0, 0.1) is 5.82 Å². The van der Waals surface area contributed by atoms with Crippen LogP contribution in [0.25, 0.3) is 11.3 Å². The highest BCUT2D eigenvalue weighted by Crippen LogP contribution is 2.26. The molecule has 6 heteroatoms. The van der Waals surface area contributed by atoms with Crippen LogP contribution in [0.15, 0.2) is 95.6 Å². The Morgan fingerprint density at radius 3 is 2.39 bits per heavy atom. The second kappa shape index (κ2) is 11.3. The van der Waals surface area contributed by atoms with E-state index in [1.807, 2.05) is 29.2 Å². The number of hydrogen-bond acceptors (Lipinski definition) is 4. The van der Waals surface area contributed by atoms with Crippen molar-refractivity contribution >= 4 is 5.91 Å². The predicted octanol–water partition coefficient (Wildman–Crippen LogP) is 5.72. The van der Waals surface area contributed by atoms with Crippen LogP contribution in [0.2, 0.25) is 0 Å². The van der Waals surface area contributed by atoms with E-state index in [-0.39, 0.29) is 17.8 Å². The molecule has 1 saturated heterocycles. The van der Waals surface area contributed by atoms with Gasteiger partial charge in [0.2, 0.25) is 5.91 Å². The summed E-state index contributed by atoms with van der Waals surface area (Å²) >= 11 is 0. The Kier molecular flexibility index (Phi) is 7.52. The van der Waals surface area contributed by atoms with Crippen molar-refractivity contribution in [1.82, 2.24) is 15.0 Å². The molecular formula is C30H30FN3O2. The highest BCUT2D eigenvalue weighted by Gasteiger charge is 2.31. The monoisotopic (exact) mass is 483 g/mol. The zero-order valence-corrected chi connectivity index (χ0v) is 20.2. The van der Waals surface area contributed by atoms with Crippen molar-refractivity contribution in [3.05, 3.63) is 114 Å². The molecule has 0 bridgehead atoms. The lowest BCUT2D eigenvalue weighted by Crippen LogP contribution is -2.41. The predicted molar refractivity (Wildman–Crippen MR) is 137 cm³/mol. The smallest absolute Gasteiger partial charge is 0.223 e. The summed E-state index contributed by atoms with van der Waals surface area (Å²) in [7, 11) is 0. The van der Waals surface area contributed by atoms with Crippen LogP contribution < -0.4 is 0 Å². The first-order valence-corrected chi connectivity index (χ1v) is 12.4. The van der Waals surface area contributed by atoms with E-state index in [9.17, 15) is 9.18 Å². The molecule has 1 fully saturated rings. The van der Waals surface area contributed by atoms with Gasteiger partial charge in [0.05, 0.1) is 6.20 Å². The first-order valence-electron chi connectivity index (χ1n) is 12.4. The molecule has 0 spiro atoms. The van der Waals surface area contributed by atoms with Crippen LogP contribution in [0.3, 0.4) is 0 Å². The Hall–Kier alpha value is -3.77. The summed E-state index contributed by atoms with van der Waals surface area (Å²) in [6.45, 7) is 3.32. The number of carbonyl (C=O) groups excluding carboxylic acids is 1. The fraction of sp³-hybridized carbons (Fsp3) is 0.267. The molecule has 0 radical (unpaired) electrons. The average molecular weight is 484 g/mol. The molecule has 0 N–H and O–H groups in total. The van der Waals surface area contributed by atoms with E-state index in [2.05, 4.69) is 46.5 Å². The van der Waals surface area contributed by atoms with Crippen LogP contribution in [0.5, 0.6) is 0 Å². The number of benzene rings is 3. The van der Waals surface area contributed by atoms with Crippen LogP contribution in [0.1, 0.15) is 29.5 Å². The standard InChI is InChI=1S/C30H30FN3O2/c31-27-14-11-25(12-15-27)30-26(19-32-36-30)13-16-29(35)34(21-24-9-5-2-6-10-24)28-17-18-33(22-28)20-23-7-3-1-4-8-23/h1-12,14-15,19,28H,13,16-18,20-22H2. The van der Waals surface area contributed by atoms with Gasteiger partial charge in [-0.05, 0) is 48.2 Å². The van der Waals surface area contributed by atoms with E-state index >= 15 is 0 Å². The largest absolute Gasteiger partial charge is 0.356 e. The summed E-state index contributed by atoms with van der Waals surface area (Å²) in [5, 5.41) is 3.94. The van der Waals surface area contributed by atoms with E-state index in [4.69, 9.17) is 4.52 Å². The third-order valence-electron chi connectivity index (χ3n) is 6.81. The zero-order chi connectivity index (χ0) is 24.7. The van der Waals surface area contributed by atoms with Crippen molar-refractivity contribution in [2.24, 2.45) is 0 Å². The van der Waals surface area contributed by atoms with Gasteiger partial charge < -0.3 is 9.42 Å². The molecule has 1 aromatic heterocycles. The molecule has 0 aliphatic carbocycles. The summed E-state index contributed by atoms with van der Waals surface area (Å²) in [4.78, 5) is 18.1. The Bertz CT molecular complexity index is 1260. The maximum absolute atomic E-state index is 13.6. The molecule has 3 aromatic carbocycles. The van der Waals surface area contributed by atoms with E-state index in [1.165, 1.54) is 17.7 Å². The molecule has 0 saturated carbocycles. The molecule has 1 aliphatic heterocycles. The van der Waals surface area contributed by atoms with Crippen molar-refractivity contribution in [3.8, 4) is 11.3 Å². The average Bonchev–Trinajstić information content (AvgIpc) is 3.57. The molecule has 1 atom stereocenters. The Labute approximate surface area is 211 Å². The first kappa shape index (κ1) is 23.9. The number of likely N-dealkylation sites (tertiary alicyclic amines) is 1. The number of amides is 1. The topological polar surface area (TPSA) is 49.6 Å². The highest BCUT2D eigenvalue weighted by atomic mass is 19.1. The SMILES string of the molecule is O=C(CCc1cnoc1-c1ccc(F)cc1)N(Cc1ccccc1)C1CCN(Cc2ccccc2)C1. The number of rotatable bonds is 9. The van der Waals surface area contributed by atoms with E-state index < -0.39 is 0 Å². The number of halogens is 1. The van der Waals surface area contributed by atoms with Gasteiger partial charge >= 0.3 is 0 Å². The highest BCUT2D eigenvalue weighted by molar-refractivity contribution is 5.77. The third kappa shape index (κ3) is 5.89. The van der Waals surface area contributed by atoms with Crippen LogP contribution in [-0.2, 0) is 24.3 Å². The minimum Gasteiger partial charge on any atom is -0.356 e. The van der Waals surface area contributed by atoms with Crippen LogP contribution in [0.4, 0.5) is 4.39 Å². The molecule has 4 aromatic rings. The number of hydrogen-bond donors (Lipinski definition) is 0. The fourth-order valence-electron chi connectivity index (χ4n) is 4.92. The van der Waals surface area contributed by atoms with Crippen LogP contribution >= 0.6 is 0 Å². The van der Waals surface area contributed by atoms with E-state index in [0.29, 0.717) is 25.1 Å². The van der Waals surface area contributed by atoms with Crippen molar-refractivity contribution in [1.29, 1.82) is 0 Å². The van der Waals surface area contributed by atoms with Gasteiger partial charge in [0.15, 0.2) is 5.76 Å². The Balaban J connectivity index is 1.28. The van der Waals surface area contributed by atoms with Gasteiger partial charge in [-0.2, -0.15) is 0 Å². The van der Waals surface area contributed by atoms with Gasteiger partial charge in [0.1, 0.15) is 5.82 Å². The molecule has 36 heavy (non-hydrogen) atoms. The molecule has 1 aliphatic rings. The maximum Gasteiger partial charge on any atom is 0.223 e. The van der Waals surface area contributed by atoms with Crippen molar-refractivity contribution in [3.63, 3.8) is 0 Å². The molecule has 2 heterocycles. The van der Waals surface area contributed by atoms with Gasteiger partial charge in [-0.1, -0.05) is 65.8 Å². The minimum atomic E-state index is -0.301. The maximum atomic E-state index is 13.6. The van der Waals surface area contributed by atoms with Gasteiger partial charge in [0.25, 0.3) is 0 Å². The Morgan fingerprint density at radius 2 is 1.67 bits per heavy atom. The third-order valence-corrected chi connectivity index (χ3v) is 6.81. The van der Waals surface area contributed by atoms with E-state index in [0.717, 1.165) is 42.7 Å². The number of nitrogens with zero attached hydrogens (tertiary/aromatic N) is 3. The fourth-order valence-corrected chi connectivity index (χ4v) is 4.92. The summed E-state index contributed by atoms with van der Waals surface area (Å²) < 4.78 is 18.8. The molecule has 1 unspecified atom stereocenters.